The van der Waals surface area contributed by atoms with Crippen LogP contribution in [0.3, 0.4) is 0 Å². The summed E-state index contributed by atoms with van der Waals surface area (Å²) >= 11 is 6.23. The highest BCUT2D eigenvalue weighted by Gasteiger charge is 2.30. The Labute approximate surface area is 153 Å². The number of thioether (sulfide) groups is 1. The number of rotatable bonds is 7. The third kappa shape index (κ3) is 4.97. The Balaban J connectivity index is 2.07. The number of carboxylic acid groups (broad SMARTS) is 1. The molecule has 1 aliphatic rings. The van der Waals surface area contributed by atoms with Crippen molar-refractivity contribution in [2.75, 3.05) is 6.54 Å². The lowest BCUT2D eigenvalue weighted by Gasteiger charge is -2.14. The van der Waals surface area contributed by atoms with Crippen molar-refractivity contribution in [2.45, 2.75) is 12.8 Å². The standard InChI is InChI=1S/C16H14N2O5S2/c19-14(20)9-4-10-17-15(21)13(25-16(17)24)8-3-6-11-5-1-2-7-12(11)18(22)23/h1-3,5-8H,4,9-10H2,(H,19,20)/p-1/b6-3+,13-8+. The van der Waals surface area contributed by atoms with Crippen molar-refractivity contribution in [3.05, 3.63) is 57.0 Å². The van der Waals surface area contributed by atoms with Crippen LogP contribution in [0.15, 0.2) is 41.3 Å². The van der Waals surface area contributed by atoms with Crippen molar-refractivity contribution in [1.29, 1.82) is 0 Å². The van der Waals surface area contributed by atoms with Crippen LogP contribution in [-0.2, 0) is 9.59 Å². The lowest BCUT2D eigenvalue weighted by molar-refractivity contribution is -0.385. The SMILES string of the molecule is O=C([O-])CCCN1C(=O)/C(=C\C=C\c2ccccc2[N+](=O)[O-])SC1=S. The topological polar surface area (TPSA) is 104 Å². The number of amides is 1. The number of nitro groups is 1. The van der Waals surface area contributed by atoms with Gasteiger partial charge in [-0.15, -0.1) is 0 Å². The fourth-order valence-corrected chi connectivity index (χ4v) is 3.38. The zero-order valence-electron chi connectivity index (χ0n) is 12.9. The molecule has 1 saturated heterocycles. The molecule has 0 aromatic heterocycles. The Hall–Kier alpha value is -2.52. The van der Waals surface area contributed by atoms with E-state index in [1.165, 1.54) is 17.0 Å². The van der Waals surface area contributed by atoms with Gasteiger partial charge in [0.25, 0.3) is 11.6 Å². The van der Waals surface area contributed by atoms with Gasteiger partial charge in [-0.1, -0.05) is 42.2 Å². The minimum atomic E-state index is -1.17. The highest BCUT2D eigenvalue weighted by atomic mass is 32.2. The van der Waals surface area contributed by atoms with E-state index in [9.17, 15) is 24.8 Å². The van der Waals surface area contributed by atoms with E-state index in [2.05, 4.69) is 0 Å². The van der Waals surface area contributed by atoms with Gasteiger partial charge in [-0.05, 0) is 31.1 Å². The van der Waals surface area contributed by atoms with Crippen LogP contribution in [0.25, 0.3) is 6.08 Å². The number of carbonyl (C=O) groups is 2. The molecule has 0 saturated carbocycles. The molecule has 0 unspecified atom stereocenters. The van der Waals surface area contributed by atoms with Crippen LogP contribution >= 0.6 is 24.0 Å². The fourth-order valence-electron chi connectivity index (χ4n) is 2.12. The van der Waals surface area contributed by atoms with Crippen LogP contribution in [-0.4, -0.2) is 32.6 Å². The first-order valence-electron chi connectivity index (χ1n) is 7.25. The third-order valence-electron chi connectivity index (χ3n) is 3.29. The normalized spacial score (nSPS) is 16.2. The summed E-state index contributed by atoms with van der Waals surface area (Å²) < 4.78 is 0.355. The number of para-hydroxylation sites is 1. The number of nitrogens with zero attached hydrogens (tertiary/aromatic N) is 2. The second-order valence-corrected chi connectivity index (χ2v) is 6.68. The molecule has 1 fully saturated rings. The molecule has 1 heterocycles. The molecule has 1 aromatic carbocycles. The van der Waals surface area contributed by atoms with Crippen LogP contribution < -0.4 is 5.11 Å². The zero-order valence-corrected chi connectivity index (χ0v) is 14.5. The molecule has 9 heteroatoms. The Morgan fingerprint density at radius 2 is 2.08 bits per heavy atom. The predicted molar refractivity (Wildman–Crippen MR) is 96.4 cm³/mol. The molecule has 1 aliphatic heterocycles. The quantitative estimate of drug-likeness (QED) is 0.309. The Morgan fingerprint density at radius 3 is 2.76 bits per heavy atom. The van der Waals surface area contributed by atoms with Gasteiger partial charge in [0.1, 0.15) is 4.32 Å². The van der Waals surface area contributed by atoms with E-state index in [0.717, 1.165) is 11.8 Å². The molecule has 0 spiro atoms. The van der Waals surface area contributed by atoms with Crippen molar-refractivity contribution in [3.8, 4) is 0 Å². The van der Waals surface area contributed by atoms with E-state index in [1.54, 1.807) is 30.4 Å². The molecule has 25 heavy (non-hydrogen) atoms. The summed E-state index contributed by atoms with van der Waals surface area (Å²) in [5.41, 5.74) is 0.398. The van der Waals surface area contributed by atoms with E-state index < -0.39 is 10.9 Å². The highest BCUT2D eigenvalue weighted by molar-refractivity contribution is 8.26. The summed E-state index contributed by atoms with van der Waals surface area (Å²) in [7, 11) is 0. The molecule has 0 aliphatic carbocycles. The van der Waals surface area contributed by atoms with Crippen molar-refractivity contribution in [3.63, 3.8) is 0 Å². The molecular weight excluding hydrogens is 364 g/mol. The van der Waals surface area contributed by atoms with Crippen molar-refractivity contribution in [2.24, 2.45) is 0 Å². The highest BCUT2D eigenvalue weighted by Crippen LogP contribution is 2.31. The predicted octanol–water partition coefficient (Wildman–Crippen LogP) is 1.88. The first-order chi connectivity index (χ1) is 11.9. The number of benzene rings is 1. The van der Waals surface area contributed by atoms with E-state index in [4.69, 9.17) is 12.2 Å². The van der Waals surface area contributed by atoms with Gasteiger partial charge < -0.3 is 9.90 Å². The number of carbonyl (C=O) groups excluding carboxylic acids is 2. The summed E-state index contributed by atoms with van der Waals surface area (Å²) in [6.07, 6.45) is 4.74. The molecule has 2 rings (SSSR count). The zero-order chi connectivity index (χ0) is 18.4. The summed E-state index contributed by atoms with van der Waals surface area (Å²) in [6, 6.07) is 6.26. The molecule has 1 aromatic rings. The van der Waals surface area contributed by atoms with Gasteiger partial charge in [-0.25, -0.2) is 0 Å². The average Bonchev–Trinajstić information content (AvgIpc) is 2.82. The number of hydrogen-bond acceptors (Lipinski definition) is 7. The van der Waals surface area contributed by atoms with Gasteiger partial charge in [-0.3, -0.25) is 19.8 Å². The van der Waals surface area contributed by atoms with Gasteiger partial charge in [-0.2, -0.15) is 0 Å². The smallest absolute Gasteiger partial charge is 0.276 e. The summed E-state index contributed by atoms with van der Waals surface area (Å²) in [5, 5.41) is 21.4. The molecule has 0 atom stereocenters. The second-order valence-electron chi connectivity index (χ2n) is 5.01. The number of aliphatic carboxylic acids is 1. The van der Waals surface area contributed by atoms with Gasteiger partial charge >= 0.3 is 0 Å². The van der Waals surface area contributed by atoms with Gasteiger partial charge in [0.05, 0.1) is 15.4 Å². The summed E-state index contributed by atoms with van der Waals surface area (Å²) in [6.45, 7) is 0.212. The number of allylic oxidation sites excluding steroid dienone is 2. The second kappa shape index (κ2) is 8.54. The van der Waals surface area contributed by atoms with Gasteiger partial charge in [0, 0.05) is 18.6 Å². The fraction of sp³-hybridized carbons (Fsp3) is 0.188. The van der Waals surface area contributed by atoms with E-state index in [1.807, 2.05) is 0 Å². The van der Waals surface area contributed by atoms with Crippen LogP contribution in [0.5, 0.6) is 0 Å². The van der Waals surface area contributed by atoms with Crippen molar-refractivity contribution < 1.29 is 19.6 Å². The molecular formula is C16H13N2O5S2-. The molecule has 0 radical (unpaired) electrons. The van der Waals surface area contributed by atoms with Crippen LogP contribution in [0.1, 0.15) is 18.4 Å². The monoisotopic (exact) mass is 377 g/mol. The molecule has 0 N–H and O–H groups in total. The minimum Gasteiger partial charge on any atom is -0.550 e. The molecule has 0 bridgehead atoms. The van der Waals surface area contributed by atoms with E-state index in [0.29, 0.717) is 14.8 Å². The maximum Gasteiger partial charge on any atom is 0.276 e. The number of carboxylic acids is 1. The maximum absolute atomic E-state index is 12.3. The molecule has 7 nitrogen and oxygen atoms in total. The van der Waals surface area contributed by atoms with Crippen molar-refractivity contribution >= 4 is 51.9 Å². The lowest BCUT2D eigenvalue weighted by Crippen LogP contribution is -2.30. The van der Waals surface area contributed by atoms with Crippen molar-refractivity contribution in [1.82, 2.24) is 4.90 Å². The minimum absolute atomic E-state index is 0.0259. The van der Waals surface area contributed by atoms with Crippen LogP contribution in [0.2, 0.25) is 0 Å². The average molecular weight is 377 g/mol. The van der Waals surface area contributed by atoms with Crippen LogP contribution in [0, 0.1) is 10.1 Å². The van der Waals surface area contributed by atoms with Crippen LogP contribution in [0.4, 0.5) is 5.69 Å². The molecule has 130 valence electrons. The number of nitro benzene ring substituents is 1. The van der Waals surface area contributed by atoms with Gasteiger partial charge in [0.15, 0.2) is 0 Å². The van der Waals surface area contributed by atoms with E-state index >= 15 is 0 Å². The largest absolute Gasteiger partial charge is 0.550 e. The summed E-state index contributed by atoms with van der Waals surface area (Å²) in [5.74, 6) is -1.48. The van der Waals surface area contributed by atoms with E-state index in [-0.39, 0.29) is 31.0 Å². The maximum atomic E-state index is 12.3. The Bertz CT molecular complexity index is 788. The van der Waals surface area contributed by atoms with Gasteiger partial charge in [0.2, 0.25) is 0 Å². The first-order valence-corrected chi connectivity index (χ1v) is 8.48. The molecule has 1 amide bonds. The number of thiocarbonyl (C=S) groups is 1. The third-order valence-corrected chi connectivity index (χ3v) is 4.69. The lowest BCUT2D eigenvalue weighted by atomic mass is 10.1. The first kappa shape index (κ1) is 18.8. The summed E-state index contributed by atoms with van der Waals surface area (Å²) in [4.78, 5) is 34.9. The Kier molecular flexibility index (Phi) is 6.43. The number of hydrogen-bond donors (Lipinski definition) is 0. The Morgan fingerprint density at radius 1 is 1.36 bits per heavy atom.